The zero-order chi connectivity index (χ0) is 15.4. The first-order valence-corrected chi connectivity index (χ1v) is 8.30. The number of β-amino-alcohol motifs (C(OH)–C–C–N with tert-alkyl or cyclic N) is 1. The molecule has 7 heteroatoms. The summed E-state index contributed by atoms with van der Waals surface area (Å²) in [6.45, 7) is 2.67. The second kappa shape index (κ2) is 10.1. The van der Waals surface area contributed by atoms with E-state index in [9.17, 15) is 9.90 Å². The fourth-order valence-corrected chi connectivity index (χ4v) is 3.26. The Morgan fingerprint density at radius 1 is 1.17 bits per heavy atom. The lowest BCUT2D eigenvalue weighted by molar-refractivity contribution is -0.117. The zero-order valence-corrected chi connectivity index (χ0v) is 15.4. The summed E-state index contributed by atoms with van der Waals surface area (Å²) >= 11 is 0. The molecule has 2 saturated heterocycles. The van der Waals surface area contributed by atoms with E-state index < -0.39 is 6.10 Å². The average molecular weight is 376 g/mol. The van der Waals surface area contributed by atoms with Crippen LogP contribution in [0.5, 0.6) is 0 Å². The first-order valence-electron chi connectivity index (χ1n) is 8.30. The molecule has 2 aliphatic heterocycles. The number of hydrogen-bond acceptors (Lipinski definition) is 4. The van der Waals surface area contributed by atoms with Gasteiger partial charge in [-0.15, -0.1) is 24.8 Å². The lowest BCUT2D eigenvalue weighted by Crippen LogP contribution is -2.35. The van der Waals surface area contributed by atoms with Gasteiger partial charge in [-0.25, -0.2) is 0 Å². The molecule has 2 unspecified atom stereocenters. The van der Waals surface area contributed by atoms with Gasteiger partial charge in [0.1, 0.15) is 0 Å². The highest BCUT2D eigenvalue weighted by Crippen LogP contribution is 2.23. The summed E-state index contributed by atoms with van der Waals surface area (Å²) in [6.07, 6.45) is 5.16. The highest BCUT2D eigenvalue weighted by molar-refractivity contribution is 5.95. The molecule has 0 saturated carbocycles. The Bertz CT molecular complexity index is 522. The molecule has 0 bridgehead atoms. The second-order valence-corrected chi connectivity index (χ2v) is 6.29. The Morgan fingerprint density at radius 3 is 2.50 bits per heavy atom. The Balaban J connectivity index is 0.00000144. The fraction of sp³-hybridized carbons (Fsp3) is 0.588. The third-order valence-corrected chi connectivity index (χ3v) is 4.51. The quantitative estimate of drug-likeness (QED) is 0.759. The van der Waals surface area contributed by atoms with Crippen molar-refractivity contribution in [1.29, 1.82) is 0 Å². The Hall–Kier alpha value is -1.01. The molecule has 2 aliphatic rings. The minimum atomic E-state index is -0.417. The van der Waals surface area contributed by atoms with Crippen molar-refractivity contribution >= 4 is 42.1 Å². The standard InChI is InChI=1S/C17H25N3O2.2ClH/c21-15-11-16(18-12-15)17(22)19-13-6-5-7-14(10-13)20-8-3-1-2-4-9-20;;/h5-7,10,15-16,18,21H,1-4,8-9,11-12H2,(H,19,22);2*1H. The summed E-state index contributed by atoms with van der Waals surface area (Å²) in [6, 6.07) is 7.78. The van der Waals surface area contributed by atoms with Crippen LogP contribution in [0, 0.1) is 0 Å². The van der Waals surface area contributed by atoms with Crippen LogP contribution in [0.1, 0.15) is 32.1 Å². The second-order valence-electron chi connectivity index (χ2n) is 6.29. The van der Waals surface area contributed by atoms with E-state index in [1.165, 1.54) is 31.4 Å². The number of aliphatic hydroxyl groups excluding tert-OH is 1. The first kappa shape index (κ1) is 21.0. The third-order valence-electron chi connectivity index (χ3n) is 4.51. The molecule has 136 valence electrons. The van der Waals surface area contributed by atoms with Crippen molar-refractivity contribution in [3.8, 4) is 0 Å². The van der Waals surface area contributed by atoms with E-state index >= 15 is 0 Å². The predicted molar refractivity (Wildman–Crippen MR) is 103 cm³/mol. The summed E-state index contributed by atoms with van der Waals surface area (Å²) < 4.78 is 0. The number of aliphatic hydroxyl groups is 1. The van der Waals surface area contributed by atoms with Gasteiger partial charge in [-0.3, -0.25) is 4.79 Å². The number of carbonyl (C=O) groups excluding carboxylic acids is 1. The predicted octanol–water partition coefficient (Wildman–Crippen LogP) is 2.57. The maximum Gasteiger partial charge on any atom is 0.241 e. The van der Waals surface area contributed by atoms with Crippen molar-refractivity contribution in [2.75, 3.05) is 29.9 Å². The Morgan fingerprint density at radius 2 is 1.88 bits per heavy atom. The highest BCUT2D eigenvalue weighted by Gasteiger charge is 2.28. The van der Waals surface area contributed by atoms with Crippen LogP contribution in [-0.4, -0.2) is 42.8 Å². The van der Waals surface area contributed by atoms with Crippen LogP contribution < -0.4 is 15.5 Å². The zero-order valence-electron chi connectivity index (χ0n) is 13.7. The molecule has 24 heavy (non-hydrogen) atoms. The normalized spacial score (nSPS) is 23.6. The number of nitrogens with one attached hydrogen (secondary N) is 2. The number of benzene rings is 1. The summed E-state index contributed by atoms with van der Waals surface area (Å²) in [5.41, 5.74) is 2.01. The summed E-state index contributed by atoms with van der Waals surface area (Å²) in [5.74, 6) is -0.0652. The molecule has 1 aromatic carbocycles. The van der Waals surface area contributed by atoms with Crippen LogP contribution in [0.3, 0.4) is 0 Å². The van der Waals surface area contributed by atoms with Crippen molar-refractivity contribution in [2.45, 2.75) is 44.2 Å². The van der Waals surface area contributed by atoms with Crippen LogP contribution in [0.25, 0.3) is 0 Å². The van der Waals surface area contributed by atoms with Crippen molar-refractivity contribution in [3.63, 3.8) is 0 Å². The van der Waals surface area contributed by atoms with Gasteiger partial charge in [-0.1, -0.05) is 18.9 Å². The molecule has 0 aliphatic carbocycles. The molecule has 2 heterocycles. The van der Waals surface area contributed by atoms with Crippen LogP contribution in [0.2, 0.25) is 0 Å². The van der Waals surface area contributed by atoms with Gasteiger partial charge in [0, 0.05) is 31.0 Å². The molecule has 0 radical (unpaired) electrons. The topological polar surface area (TPSA) is 64.6 Å². The van der Waals surface area contributed by atoms with Gasteiger partial charge in [0.2, 0.25) is 5.91 Å². The molecule has 1 amide bonds. The van der Waals surface area contributed by atoms with Gasteiger partial charge >= 0.3 is 0 Å². The maximum absolute atomic E-state index is 12.2. The number of amides is 1. The van der Waals surface area contributed by atoms with E-state index in [2.05, 4.69) is 27.7 Å². The van der Waals surface area contributed by atoms with E-state index in [-0.39, 0.29) is 36.8 Å². The molecule has 1 aromatic rings. The van der Waals surface area contributed by atoms with Crippen molar-refractivity contribution in [3.05, 3.63) is 24.3 Å². The average Bonchev–Trinajstić information content (AvgIpc) is 2.79. The van der Waals surface area contributed by atoms with Gasteiger partial charge in [0.15, 0.2) is 0 Å². The number of hydrogen-bond donors (Lipinski definition) is 3. The van der Waals surface area contributed by atoms with E-state index in [0.29, 0.717) is 13.0 Å². The fourth-order valence-electron chi connectivity index (χ4n) is 3.26. The van der Waals surface area contributed by atoms with Crippen molar-refractivity contribution < 1.29 is 9.90 Å². The minimum absolute atomic E-state index is 0. The van der Waals surface area contributed by atoms with Gasteiger partial charge in [-0.05, 0) is 37.5 Å². The van der Waals surface area contributed by atoms with Crippen LogP contribution in [0.15, 0.2) is 24.3 Å². The van der Waals surface area contributed by atoms with Gasteiger partial charge in [0.25, 0.3) is 0 Å². The third kappa shape index (κ3) is 5.52. The summed E-state index contributed by atoms with van der Waals surface area (Å²) in [7, 11) is 0. The largest absolute Gasteiger partial charge is 0.392 e. The lowest BCUT2D eigenvalue weighted by atomic mass is 10.2. The number of halogens is 2. The number of anilines is 2. The molecule has 3 N–H and O–H groups in total. The van der Waals surface area contributed by atoms with Crippen LogP contribution in [0.4, 0.5) is 11.4 Å². The molecule has 0 spiro atoms. The van der Waals surface area contributed by atoms with Gasteiger partial charge in [-0.2, -0.15) is 0 Å². The molecular formula is C17H27Cl2N3O2. The van der Waals surface area contributed by atoms with Crippen LogP contribution >= 0.6 is 24.8 Å². The number of rotatable bonds is 3. The van der Waals surface area contributed by atoms with Gasteiger partial charge in [0.05, 0.1) is 12.1 Å². The SMILES string of the molecule is Cl.Cl.O=C(Nc1cccc(N2CCCCCC2)c1)C1CC(O)CN1. The number of nitrogens with zero attached hydrogens (tertiary/aromatic N) is 1. The summed E-state index contributed by atoms with van der Waals surface area (Å²) in [5, 5.41) is 15.5. The van der Waals surface area contributed by atoms with E-state index in [1.54, 1.807) is 0 Å². The lowest BCUT2D eigenvalue weighted by Gasteiger charge is -2.23. The first-order chi connectivity index (χ1) is 10.7. The molecule has 0 aromatic heterocycles. The van der Waals surface area contributed by atoms with Crippen molar-refractivity contribution in [2.24, 2.45) is 0 Å². The Labute approximate surface area is 156 Å². The van der Waals surface area contributed by atoms with Crippen molar-refractivity contribution in [1.82, 2.24) is 5.32 Å². The minimum Gasteiger partial charge on any atom is -0.392 e. The molecule has 5 nitrogen and oxygen atoms in total. The van der Waals surface area contributed by atoms with Gasteiger partial charge < -0.3 is 20.6 Å². The highest BCUT2D eigenvalue weighted by atomic mass is 35.5. The molecule has 2 fully saturated rings. The van der Waals surface area contributed by atoms with Crippen LogP contribution in [-0.2, 0) is 4.79 Å². The molecular weight excluding hydrogens is 349 g/mol. The van der Waals surface area contributed by atoms with E-state index in [0.717, 1.165) is 18.8 Å². The molecule has 2 atom stereocenters. The summed E-state index contributed by atoms with van der Waals surface area (Å²) in [4.78, 5) is 14.6. The number of carbonyl (C=O) groups is 1. The van der Waals surface area contributed by atoms with E-state index in [1.807, 2.05) is 12.1 Å². The monoisotopic (exact) mass is 375 g/mol. The maximum atomic E-state index is 12.2. The smallest absolute Gasteiger partial charge is 0.241 e. The Kier molecular flexibility index (Phi) is 8.84. The van der Waals surface area contributed by atoms with E-state index in [4.69, 9.17) is 0 Å². The molecule has 3 rings (SSSR count).